The van der Waals surface area contributed by atoms with Gasteiger partial charge in [0.2, 0.25) is 0 Å². The van der Waals surface area contributed by atoms with E-state index in [1.54, 1.807) is 15.9 Å². The molecule has 9 heteroatoms. The lowest BCUT2D eigenvalue weighted by Gasteiger charge is -2.34. The topological polar surface area (TPSA) is 58.4 Å². The zero-order valence-corrected chi connectivity index (χ0v) is 16.4. The molecule has 0 spiro atoms. The molecule has 1 fully saturated rings. The van der Waals surface area contributed by atoms with Crippen LogP contribution >= 0.6 is 34.5 Å². The number of carbonyl (C=O) groups is 2. The summed E-state index contributed by atoms with van der Waals surface area (Å²) in [5.74, 6) is -0.196. The molecule has 0 atom stereocenters. The molecule has 0 unspecified atom stereocenters. The molecule has 2 aromatic heterocycles. The van der Waals surface area contributed by atoms with Crippen LogP contribution in [-0.4, -0.2) is 57.6 Å². The molecule has 4 rings (SSSR count). The first-order valence-electron chi connectivity index (χ1n) is 8.63. The fraction of sp³-hybridized carbons (Fsp3) is 0.471. The third kappa shape index (κ3) is 3.35. The van der Waals surface area contributed by atoms with Crippen molar-refractivity contribution >= 4 is 46.4 Å². The lowest BCUT2D eigenvalue weighted by Crippen LogP contribution is -2.50. The minimum Gasteiger partial charge on any atom is -0.335 e. The van der Waals surface area contributed by atoms with Gasteiger partial charge in [0.1, 0.15) is 4.34 Å². The van der Waals surface area contributed by atoms with Crippen LogP contribution in [0.1, 0.15) is 39.4 Å². The number of hydrogen-bond donors (Lipinski definition) is 0. The summed E-state index contributed by atoms with van der Waals surface area (Å²) in [5.41, 5.74) is 2.08. The van der Waals surface area contributed by atoms with Gasteiger partial charge in [0, 0.05) is 38.4 Å². The molecule has 1 saturated heterocycles. The molecule has 26 heavy (non-hydrogen) atoms. The van der Waals surface area contributed by atoms with Crippen LogP contribution in [-0.2, 0) is 13.0 Å². The van der Waals surface area contributed by atoms with Crippen molar-refractivity contribution in [2.75, 3.05) is 26.2 Å². The van der Waals surface area contributed by atoms with Crippen molar-refractivity contribution in [2.45, 2.75) is 25.8 Å². The second-order valence-corrected chi connectivity index (χ2v) is 8.81. The maximum atomic E-state index is 12.7. The Kier molecular flexibility index (Phi) is 4.94. The summed E-state index contributed by atoms with van der Waals surface area (Å²) in [6, 6.07) is 3.51. The number of thiophene rings is 1. The van der Waals surface area contributed by atoms with Crippen LogP contribution in [0.3, 0.4) is 0 Å². The smallest absolute Gasteiger partial charge is 0.274 e. The average Bonchev–Trinajstić information content (AvgIpc) is 3.23. The molecule has 2 aliphatic rings. The highest BCUT2D eigenvalue weighted by Crippen LogP contribution is 2.32. The molecule has 0 saturated carbocycles. The molecule has 2 amide bonds. The minimum atomic E-state index is -0.136. The number of halogens is 2. The SMILES string of the molecule is O=C(c1cc2n(n1)CCCC2)N1CCN(C(=O)c2cc(Cl)sc2Cl)CC1. The molecule has 138 valence electrons. The van der Waals surface area contributed by atoms with E-state index in [0.29, 0.717) is 46.1 Å². The van der Waals surface area contributed by atoms with Crippen LogP contribution in [0.25, 0.3) is 0 Å². The van der Waals surface area contributed by atoms with Gasteiger partial charge in [-0.1, -0.05) is 23.2 Å². The Balaban J connectivity index is 1.40. The van der Waals surface area contributed by atoms with Gasteiger partial charge in [0.25, 0.3) is 11.8 Å². The van der Waals surface area contributed by atoms with Crippen LogP contribution in [0.4, 0.5) is 0 Å². The van der Waals surface area contributed by atoms with E-state index in [0.717, 1.165) is 31.5 Å². The lowest BCUT2D eigenvalue weighted by atomic mass is 10.1. The Morgan fingerprint density at radius 3 is 2.27 bits per heavy atom. The molecule has 6 nitrogen and oxygen atoms in total. The van der Waals surface area contributed by atoms with E-state index in [9.17, 15) is 9.59 Å². The highest BCUT2D eigenvalue weighted by molar-refractivity contribution is 7.20. The van der Waals surface area contributed by atoms with Crippen molar-refractivity contribution in [3.63, 3.8) is 0 Å². The van der Waals surface area contributed by atoms with Crippen molar-refractivity contribution < 1.29 is 9.59 Å². The molecule has 0 aromatic carbocycles. The standard InChI is InChI=1S/C17H18Cl2N4O2S/c18-14-10-12(15(19)26-14)16(24)21-5-7-22(8-6-21)17(25)13-9-11-3-1-2-4-23(11)20-13/h9-10H,1-8H2. The lowest BCUT2D eigenvalue weighted by molar-refractivity contribution is 0.0532. The number of aryl methyl sites for hydroxylation is 2. The molecule has 2 aliphatic heterocycles. The Hall–Kier alpha value is -1.57. The summed E-state index contributed by atoms with van der Waals surface area (Å²) in [6.45, 7) is 2.81. The predicted molar refractivity (Wildman–Crippen MR) is 101 cm³/mol. The third-order valence-electron chi connectivity index (χ3n) is 4.88. The quantitative estimate of drug-likeness (QED) is 0.760. The Morgan fingerprint density at radius 2 is 1.65 bits per heavy atom. The normalized spacial score (nSPS) is 17.3. The van der Waals surface area contributed by atoms with E-state index in [1.807, 2.05) is 10.7 Å². The number of rotatable bonds is 2. The molecule has 0 bridgehead atoms. The van der Waals surface area contributed by atoms with Crippen molar-refractivity contribution in [3.8, 4) is 0 Å². The Morgan fingerprint density at radius 1 is 0.962 bits per heavy atom. The molecule has 0 N–H and O–H groups in total. The Labute approximate surface area is 165 Å². The van der Waals surface area contributed by atoms with Crippen LogP contribution in [0.5, 0.6) is 0 Å². The van der Waals surface area contributed by atoms with Gasteiger partial charge in [0.15, 0.2) is 5.69 Å². The number of amides is 2. The highest BCUT2D eigenvalue weighted by Gasteiger charge is 2.29. The average molecular weight is 413 g/mol. The maximum absolute atomic E-state index is 12.7. The third-order valence-corrected chi connectivity index (χ3v) is 6.36. The van der Waals surface area contributed by atoms with Crippen molar-refractivity contribution in [1.82, 2.24) is 19.6 Å². The number of nitrogens with zero attached hydrogens (tertiary/aromatic N) is 4. The molecule has 0 aliphatic carbocycles. The summed E-state index contributed by atoms with van der Waals surface area (Å²) in [7, 11) is 0. The zero-order valence-electron chi connectivity index (χ0n) is 14.1. The summed E-state index contributed by atoms with van der Waals surface area (Å²) < 4.78 is 2.84. The largest absolute Gasteiger partial charge is 0.335 e. The zero-order chi connectivity index (χ0) is 18.3. The Bertz CT molecular complexity index is 832. The maximum Gasteiger partial charge on any atom is 0.274 e. The van der Waals surface area contributed by atoms with Crippen LogP contribution in [0, 0.1) is 0 Å². The van der Waals surface area contributed by atoms with Gasteiger partial charge in [-0.2, -0.15) is 5.10 Å². The van der Waals surface area contributed by atoms with Gasteiger partial charge in [-0.05, 0) is 31.4 Å². The van der Waals surface area contributed by atoms with E-state index in [4.69, 9.17) is 23.2 Å². The number of aromatic nitrogens is 2. The van der Waals surface area contributed by atoms with E-state index < -0.39 is 0 Å². The molecule has 0 radical (unpaired) electrons. The van der Waals surface area contributed by atoms with Gasteiger partial charge in [-0.25, -0.2) is 0 Å². The van der Waals surface area contributed by atoms with Crippen molar-refractivity contribution in [2.24, 2.45) is 0 Å². The minimum absolute atomic E-state index is 0.0596. The first kappa shape index (κ1) is 17.8. The van der Waals surface area contributed by atoms with Crippen LogP contribution < -0.4 is 0 Å². The number of fused-ring (bicyclic) bond motifs is 1. The van der Waals surface area contributed by atoms with E-state index >= 15 is 0 Å². The van der Waals surface area contributed by atoms with E-state index in [2.05, 4.69) is 5.10 Å². The molecule has 2 aromatic rings. The van der Waals surface area contributed by atoms with Gasteiger partial charge in [0.05, 0.1) is 9.90 Å². The molecular formula is C17H18Cl2N4O2S. The second kappa shape index (κ2) is 7.21. The van der Waals surface area contributed by atoms with E-state index in [1.165, 1.54) is 11.3 Å². The first-order chi connectivity index (χ1) is 12.5. The van der Waals surface area contributed by atoms with Crippen LogP contribution in [0.15, 0.2) is 12.1 Å². The van der Waals surface area contributed by atoms with Crippen molar-refractivity contribution in [3.05, 3.63) is 37.8 Å². The fourth-order valence-electron chi connectivity index (χ4n) is 3.45. The summed E-state index contributed by atoms with van der Waals surface area (Å²) >= 11 is 13.2. The monoisotopic (exact) mass is 412 g/mol. The van der Waals surface area contributed by atoms with Gasteiger partial charge < -0.3 is 9.80 Å². The van der Waals surface area contributed by atoms with Gasteiger partial charge in [-0.15, -0.1) is 11.3 Å². The molecule has 4 heterocycles. The predicted octanol–water partition coefficient (Wildman–Crippen LogP) is 3.19. The van der Waals surface area contributed by atoms with Gasteiger partial charge in [-0.3, -0.25) is 14.3 Å². The number of piperazine rings is 1. The van der Waals surface area contributed by atoms with Crippen molar-refractivity contribution in [1.29, 1.82) is 0 Å². The summed E-state index contributed by atoms with van der Waals surface area (Å²) in [5, 5.41) is 4.46. The second-order valence-electron chi connectivity index (χ2n) is 6.52. The van der Waals surface area contributed by atoms with Gasteiger partial charge >= 0.3 is 0 Å². The summed E-state index contributed by atoms with van der Waals surface area (Å²) in [6.07, 6.45) is 3.24. The van der Waals surface area contributed by atoms with Crippen LogP contribution in [0.2, 0.25) is 8.67 Å². The molecular weight excluding hydrogens is 395 g/mol. The number of hydrogen-bond acceptors (Lipinski definition) is 4. The van der Waals surface area contributed by atoms with E-state index in [-0.39, 0.29) is 11.8 Å². The fourth-order valence-corrected chi connectivity index (χ4v) is 4.90. The first-order valence-corrected chi connectivity index (χ1v) is 10.2. The highest BCUT2D eigenvalue weighted by atomic mass is 35.5. The summed E-state index contributed by atoms with van der Waals surface area (Å²) in [4.78, 5) is 28.8. The number of carbonyl (C=O) groups excluding carboxylic acids is 2.